The summed E-state index contributed by atoms with van der Waals surface area (Å²) in [6.07, 6.45) is -6.45. The maximum absolute atomic E-state index is 13.7. The lowest BCUT2D eigenvalue weighted by molar-refractivity contribution is -0.251. The molecular formula is C27H31NO11. The Morgan fingerprint density at radius 2 is 1.85 bits per heavy atom. The molecule has 0 amide bonds. The average Bonchev–Trinajstić information content (AvgIpc) is 2.90. The van der Waals surface area contributed by atoms with Crippen LogP contribution >= 0.6 is 0 Å². The van der Waals surface area contributed by atoms with Crippen molar-refractivity contribution in [3.8, 4) is 17.2 Å². The summed E-state index contributed by atoms with van der Waals surface area (Å²) >= 11 is 0. The van der Waals surface area contributed by atoms with E-state index in [0.717, 1.165) is 0 Å². The molecule has 1 heterocycles. The number of carbonyl (C=O) groups excluding carboxylic acids is 2. The van der Waals surface area contributed by atoms with Crippen LogP contribution in [0.4, 0.5) is 0 Å². The van der Waals surface area contributed by atoms with Crippen molar-refractivity contribution >= 4 is 11.6 Å². The highest BCUT2D eigenvalue weighted by molar-refractivity contribution is 6.31. The number of hydrogen-bond donors (Lipinski definition) is 7. The van der Waals surface area contributed by atoms with Crippen molar-refractivity contribution in [1.82, 2.24) is 0 Å². The van der Waals surface area contributed by atoms with Crippen LogP contribution in [0.1, 0.15) is 68.8 Å². The number of aliphatic hydroxyl groups is 4. The number of fused-ring (bicyclic) bond motifs is 3. The average molecular weight is 546 g/mol. The van der Waals surface area contributed by atoms with Gasteiger partial charge in [-0.15, -0.1) is 0 Å². The summed E-state index contributed by atoms with van der Waals surface area (Å²) in [4.78, 5) is 27.2. The molecule has 2 aromatic carbocycles. The third-order valence-corrected chi connectivity index (χ3v) is 7.97. The minimum atomic E-state index is -2.05. The van der Waals surface area contributed by atoms with E-state index < -0.39 is 89.6 Å². The van der Waals surface area contributed by atoms with Gasteiger partial charge in [-0.2, -0.15) is 0 Å². The van der Waals surface area contributed by atoms with Crippen LogP contribution in [0.15, 0.2) is 18.2 Å². The second-order valence-corrected chi connectivity index (χ2v) is 10.3. The number of hydrogen-bond acceptors (Lipinski definition) is 12. The molecular weight excluding hydrogens is 514 g/mol. The van der Waals surface area contributed by atoms with Crippen LogP contribution in [-0.2, 0) is 15.9 Å². The smallest absolute Gasteiger partial charge is 0.202 e. The molecule has 2 aliphatic carbocycles. The van der Waals surface area contributed by atoms with Gasteiger partial charge in [-0.1, -0.05) is 12.1 Å². The van der Waals surface area contributed by atoms with E-state index in [0.29, 0.717) is 0 Å². The van der Waals surface area contributed by atoms with Crippen molar-refractivity contribution < 1.29 is 54.4 Å². The Morgan fingerprint density at radius 1 is 1.15 bits per heavy atom. The third kappa shape index (κ3) is 4.19. The number of phenolic OH excluding ortho intramolecular Hbond substituents is 2. The van der Waals surface area contributed by atoms with E-state index in [1.165, 1.54) is 25.3 Å². The number of nitrogens with two attached hydrogens (primary N) is 1. The number of aliphatic hydroxyl groups excluding tert-OH is 3. The highest BCUT2D eigenvalue weighted by Crippen LogP contribution is 2.52. The fourth-order valence-electron chi connectivity index (χ4n) is 5.84. The summed E-state index contributed by atoms with van der Waals surface area (Å²) in [6.45, 7) is 0.768. The van der Waals surface area contributed by atoms with Crippen LogP contribution in [0.5, 0.6) is 17.2 Å². The normalized spacial score (nSPS) is 30.8. The third-order valence-electron chi connectivity index (χ3n) is 7.97. The van der Waals surface area contributed by atoms with E-state index in [-0.39, 0.29) is 40.8 Å². The molecule has 1 aliphatic heterocycles. The van der Waals surface area contributed by atoms with E-state index in [9.17, 15) is 40.2 Å². The molecule has 0 saturated carbocycles. The number of rotatable bonds is 5. The van der Waals surface area contributed by atoms with Crippen LogP contribution in [-0.4, -0.2) is 92.2 Å². The monoisotopic (exact) mass is 545 g/mol. The molecule has 1 saturated heterocycles. The SMILES string of the molecule is COc1cccc2c1C(=O)c1c(O)c3c(c(O)c1C2=O)C[C@@](O)(C(O)CO)CC3OC1CC(N)C(O)C(C)O1. The van der Waals surface area contributed by atoms with Crippen LogP contribution in [0.25, 0.3) is 0 Å². The van der Waals surface area contributed by atoms with Crippen LogP contribution in [0.2, 0.25) is 0 Å². The number of ether oxygens (including phenoxy) is 3. The Bertz CT molecular complexity index is 1330. The number of carbonyl (C=O) groups is 2. The molecule has 7 atom stereocenters. The summed E-state index contributed by atoms with van der Waals surface area (Å²) in [5, 5.41) is 64.4. The summed E-state index contributed by atoms with van der Waals surface area (Å²) in [5.41, 5.74) is 2.77. The molecule has 6 unspecified atom stereocenters. The van der Waals surface area contributed by atoms with E-state index in [2.05, 4.69) is 0 Å². The first kappa shape index (κ1) is 27.5. The molecule has 0 radical (unpaired) electrons. The van der Waals surface area contributed by atoms with Gasteiger partial charge >= 0.3 is 0 Å². The van der Waals surface area contributed by atoms with E-state index in [1.807, 2.05) is 0 Å². The summed E-state index contributed by atoms with van der Waals surface area (Å²) < 4.78 is 17.1. The van der Waals surface area contributed by atoms with Gasteiger partial charge in [0.15, 0.2) is 12.1 Å². The first-order valence-corrected chi connectivity index (χ1v) is 12.6. The Morgan fingerprint density at radius 3 is 2.49 bits per heavy atom. The number of methoxy groups -OCH3 is 1. The largest absolute Gasteiger partial charge is 0.507 e. The zero-order chi connectivity index (χ0) is 28.4. The predicted molar refractivity (Wildman–Crippen MR) is 133 cm³/mol. The van der Waals surface area contributed by atoms with Crippen molar-refractivity contribution in [2.75, 3.05) is 13.7 Å². The van der Waals surface area contributed by atoms with Crippen molar-refractivity contribution in [3.63, 3.8) is 0 Å². The topological polar surface area (TPSA) is 209 Å². The minimum absolute atomic E-state index is 0.0343. The summed E-state index contributed by atoms with van der Waals surface area (Å²) in [6, 6.07) is 3.69. The van der Waals surface area contributed by atoms with E-state index in [1.54, 1.807) is 6.92 Å². The van der Waals surface area contributed by atoms with Gasteiger partial charge in [-0.05, 0) is 13.0 Å². The van der Waals surface area contributed by atoms with Crippen molar-refractivity contribution in [2.24, 2.45) is 5.73 Å². The highest BCUT2D eigenvalue weighted by Gasteiger charge is 2.50. The Labute approximate surface area is 223 Å². The fraction of sp³-hybridized carbons (Fsp3) is 0.481. The number of ketones is 2. The Hall–Kier alpha value is -3.10. The Kier molecular flexibility index (Phi) is 6.92. The maximum Gasteiger partial charge on any atom is 0.202 e. The lowest BCUT2D eigenvalue weighted by Crippen LogP contribution is -2.53. The molecule has 39 heavy (non-hydrogen) atoms. The quantitative estimate of drug-likeness (QED) is 0.208. The molecule has 0 aromatic heterocycles. The van der Waals surface area contributed by atoms with Crippen molar-refractivity contribution in [3.05, 3.63) is 51.6 Å². The fourth-order valence-corrected chi connectivity index (χ4v) is 5.84. The van der Waals surface area contributed by atoms with Crippen LogP contribution in [0, 0.1) is 0 Å². The van der Waals surface area contributed by atoms with Gasteiger partial charge in [-0.3, -0.25) is 9.59 Å². The first-order valence-electron chi connectivity index (χ1n) is 12.6. The van der Waals surface area contributed by atoms with E-state index in [4.69, 9.17) is 19.9 Å². The standard InChI is InChI=1S/C27H31NO11/c1-10-22(31)13(28)6-17(38-10)39-15-8-27(36,16(30)9-29)7-12-19(15)26(35)21-20(24(12)33)23(32)11-4-3-5-14(37-2)18(11)25(21)34/h3-5,10,13,15-17,22,29-31,33,35-36H,6-9,28H2,1-2H3/t10?,13?,15?,16?,17?,22?,27-/m0/s1. The predicted octanol–water partition coefficient (Wildman–Crippen LogP) is -0.207. The molecule has 0 spiro atoms. The van der Waals surface area contributed by atoms with Gasteiger partial charge in [0.05, 0.1) is 54.3 Å². The number of benzene rings is 2. The second kappa shape index (κ2) is 9.82. The van der Waals surface area contributed by atoms with E-state index >= 15 is 0 Å². The van der Waals surface area contributed by atoms with Crippen LogP contribution < -0.4 is 10.5 Å². The molecule has 0 bridgehead atoms. The Balaban J connectivity index is 1.68. The van der Waals surface area contributed by atoms with Crippen molar-refractivity contribution in [1.29, 1.82) is 0 Å². The van der Waals surface area contributed by atoms with Gasteiger partial charge in [-0.25, -0.2) is 0 Å². The molecule has 1 fully saturated rings. The van der Waals surface area contributed by atoms with Gasteiger partial charge in [0, 0.05) is 42.0 Å². The zero-order valence-corrected chi connectivity index (χ0v) is 21.3. The van der Waals surface area contributed by atoms with Gasteiger partial charge in [0.25, 0.3) is 0 Å². The molecule has 12 nitrogen and oxygen atoms in total. The summed E-state index contributed by atoms with van der Waals surface area (Å²) in [5.74, 6) is -2.68. The molecule has 8 N–H and O–H groups in total. The van der Waals surface area contributed by atoms with Crippen molar-refractivity contribution in [2.45, 2.75) is 68.5 Å². The first-order chi connectivity index (χ1) is 18.4. The maximum atomic E-state index is 13.7. The number of phenols is 2. The molecule has 210 valence electrons. The molecule has 5 rings (SSSR count). The minimum Gasteiger partial charge on any atom is -0.507 e. The number of aromatic hydroxyl groups is 2. The van der Waals surface area contributed by atoms with Gasteiger partial charge < -0.3 is 50.6 Å². The zero-order valence-electron chi connectivity index (χ0n) is 21.3. The molecule has 12 heteroatoms. The lowest BCUT2D eigenvalue weighted by Gasteiger charge is -2.44. The lowest BCUT2D eigenvalue weighted by atomic mass is 9.71. The highest BCUT2D eigenvalue weighted by atomic mass is 16.7. The second-order valence-electron chi connectivity index (χ2n) is 10.3. The van der Waals surface area contributed by atoms with Gasteiger partial charge in [0.1, 0.15) is 23.4 Å². The molecule has 3 aliphatic rings. The van der Waals surface area contributed by atoms with Gasteiger partial charge in [0.2, 0.25) is 5.78 Å². The van der Waals surface area contributed by atoms with Crippen LogP contribution in [0.3, 0.4) is 0 Å². The molecule has 2 aromatic rings. The summed E-state index contributed by atoms with van der Waals surface area (Å²) in [7, 11) is 1.33.